The van der Waals surface area contributed by atoms with Crippen LogP contribution in [0.4, 0.5) is 0 Å². The van der Waals surface area contributed by atoms with Crippen LogP contribution in [0, 0.1) is 0 Å². The summed E-state index contributed by atoms with van der Waals surface area (Å²) < 4.78 is 0. The summed E-state index contributed by atoms with van der Waals surface area (Å²) in [5.74, 6) is 0. The lowest BCUT2D eigenvalue weighted by Gasteiger charge is -2.05. The highest BCUT2D eigenvalue weighted by atomic mass is 29.6. The van der Waals surface area contributed by atoms with Crippen molar-refractivity contribution in [1.29, 1.82) is 0 Å². The van der Waals surface area contributed by atoms with Gasteiger partial charge in [-0.15, -0.1) is 0 Å². The highest BCUT2D eigenvalue weighted by Crippen LogP contribution is 1.97. The smallest absolute Gasteiger partial charge is 0.0252 e. The first-order valence-corrected chi connectivity index (χ1v) is 9.52. The van der Waals surface area contributed by atoms with E-state index in [1.54, 1.807) is 0 Å². The molecule has 0 bridgehead atoms. The SMILES string of the molecule is C[Si][Si](C)[Si]C(C)C. The standard InChI is InChI=1S/C5H13Si3/c1-5(2)7-8(4)6-3/h5H,1-4H3. The lowest BCUT2D eigenvalue weighted by Crippen LogP contribution is -2.26. The molecule has 0 heterocycles. The average Bonchev–Trinajstić information content (AvgIpc) is 1.65. The van der Waals surface area contributed by atoms with E-state index in [-0.39, 0.29) is 7.83 Å². The van der Waals surface area contributed by atoms with E-state index in [1.165, 1.54) is 18.1 Å². The number of rotatable bonds is 3. The molecule has 8 heavy (non-hydrogen) atoms. The Balaban J connectivity index is 3.10. The van der Waals surface area contributed by atoms with Crippen LogP contribution in [0.25, 0.3) is 0 Å². The summed E-state index contributed by atoms with van der Waals surface area (Å²) in [5.41, 5.74) is 0.960. The molecule has 0 rings (SSSR count). The first-order valence-electron chi connectivity index (χ1n) is 2.94. The Labute approximate surface area is 58.9 Å². The summed E-state index contributed by atoms with van der Waals surface area (Å²) >= 11 is 0. The molecule has 3 heteroatoms. The molecule has 0 spiro atoms. The predicted molar refractivity (Wildman–Crippen MR) is 44.1 cm³/mol. The van der Waals surface area contributed by atoms with Crippen LogP contribution in [0.5, 0.6) is 0 Å². The van der Waals surface area contributed by atoms with Crippen LogP contribution in [0.1, 0.15) is 13.8 Å². The molecular formula is C5H13Si3. The second kappa shape index (κ2) is 4.52. The van der Waals surface area contributed by atoms with E-state index in [4.69, 9.17) is 0 Å². The molecular weight excluding hydrogens is 144 g/mol. The van der Waals surface area contributed by atoms with Gasteiger partial charge in [0, 0.05) is 25.9 Å². The van der Waals surface area contributed by atoms with E-state index < -0.39 is 0 Å². The van der Waals surface area contributed by atoms with Crippen molar-refractivity contribution in [1.82, 2.24) is 0 Å². The zero-order valence-electron chi connectivity index (χ0n) is 6.08. The lowest BCUT2D eigenvalue weighted by molar-refractivity contribution is 1.07. The van der Waals surface area contributed by atoms with E-state index in [0.717, 1.165) is 5.54 Å². The molecule has 0 atom stereocenters. The van der Waals surface area contributed by atoms with Crippen molar-refractivity contribution in [2.45, 2.75) is 32.5 Å². The van der Waals surface area contributed by atoms with Crippen LogP contribution < -0.4 is 0 Å². The molecule has 0 saturated carbocycles. The molecule has 0 aliphatic heterocycles. The monoisotopic (exact) mass is 157 g/mol. The third-order valence-electron chi connectivity index (χ3n) is 0.880. The summed E-state index contributed by atoms with van der Waals surface area (Å²) in [5, 5.41) is 0. The highest BCUT2D eigenvalue weighted by molar-refractivity contribution is 7.39. The topological polar surface area (TPSA) is 0 Å². The van der Waals surface area contributed by atoms with E-state index in [0.29, 0.717) is 0 Å². The third-order valence-corrected chi connectivity index (χ3v) is 11.5. The molecule has 0 aromatic carbocycles. The minimum absolute atomic E-state index is 0.127. The molecule has 5 radical (unpaired) electrons. The normalized spacial score (nSPS) is 11.2. The maximum atomic E-state index is 2.45. The fourth-order valence-electron chi connectivity index (χ4n) is 0.505. The van der Waals surface area contributed by atoms with Gasteiger partial charge in [-0.2, -0.15) is 0 Å². The van der Waals surface area contributed by atoms with E-state index in [2.05, 4.69) is 26.9 Å². The minimum atomic E-state index is 0.127. The Morgan fingerprint density at radius 3 is 2.00 bits per heavy atom. The molecule has 0 fully saturated rings. The van der Waals surface area contributed by atoms with Crippen molar-refractivity contribution in [3.63, 3.8) is 0 Å². The second-order valence-electron chi connectivity index (χ2n) is 2.17. The van der Waals surface area contributed by atoms with Gasteiger partial charge in [0.1, 0.15) is 0 Å². The number of hydrogen-bond acceptors (Lipinski definition) is 0. The largest absolute Gasteiger partial charge is 0.0759 e. The van der Waals surface area contributed by atoms with Gasteiger partial charge in [0.2, 0.25) is 0 Å². The van der Waals surface area contributed by atoms with E-state index >= 15 is 0 Å². The zero-order valence-corrected chi connectivity index (χ0v) is 9.08. The second-order valence-corrected chi connectivity index (χ2v) is 13.7. The molecule has 0 aliphatic rings. The van der Waals surface area contributed by atoms with Crippen LogP contribution in [-0.2, 0) is 0 Å². The average molecular weight is 157 g/mol. The van der Waals surface area contributed by atoms with Gasteiger partial charge in [-0.3, -0.25) is 0 Å². The Kier molecular flexibility index (Phi) is 4.89. The quantitative estimate of drug-likeness (QED) is 0.543. The summed E-state index contributed by atoms with van der Waals surface area (Å²) in [7, 11) is 2.64. The summed E-state index contributed by atoms with van der Waals surface area (Å²) in [6, 6.07) is 0. The van der Waals surface area contributed by atoms with Crippen LogP contribution in [0.3, 0.4) is 0 Å². The molecule has 0 unspecified atom stereocenters. The van der Waals surface area contributed by atoms with Crippen LogP contribution in [0.15, 0.2) is 0 Å². The van der Waals surface area contributed by atoms with Gasteiger partial charge in [0.05, 0.1) is 0 Å². The molecule has 45 valence electrons. The molecule has 0 aromatic rings. The van der Waals surface area contributed by atoms with Gasteiger partial charge >= 0.3 is 0 Å². The van der Waals surface area contributed by atoms with Crippen LogP contribution in [-0.4, -0.2) is 25.9 Å². The van der Waals surface area contributed by atoms with Gasteiger partial charge < -0.3 is 0 Å². The van der Waals surface area contributed by atoms with Gasteiger partial charge in [-0.05, 0) is 0 Å². The fourth-order valence-corrected chi connectivity index (χ4v) is 8.44. The predicted octanol–water partition coefficient (Wildman–Crippen LogP) is 1.39. The Morgan fingerprint density at radius 2 is 1.88 bits per heavy atom. The molecule has 0 aliphatic carbocycles. The molecule has 0 saturated heterocycles. The maximum Gasteiger partial charge on any atom is 0.0252 e. The lowest BCUT2D eigenvalue weighted by atomic mass is 10.6. The van der Waals surface area contributed by atoms with Crippen molar-refractivity contribution >= 4 is 25.9 Å². The van der Waals surface area contributed by atoms with Crippen LogP contribution >= 0.6 is 0 Å². The zero-order chi connectivity index (χ0) is 6.57. The van der Waals surface area contributed by atoms with Crippen molar-refractivity contribution < 1.29 is 0 Å². The van der Waals surface area contributed by atoms with Crippen molar-refractivity contribution in [3.8, 4) is 0 Å². The van der Waals surface area contributed by atoms with Crippen LogP contribution in [0.2, 0.25) is 18.6 Å². The maximum absolute atomic E-state index is 2.45. The highest BCUT2D eigenvalue weighted by Gasteiger charge is 2.04. The first-order chi connectivity index (χ1) is 3.66. The van der Waals surface area contributed by atoms with Gasteiger partial charge in [-0.25, -0.2) is 0 Å². The fraction of sp³-hybridized carbons (Fsp3) is 1.00. The van der Waals surface area contributed by atoms with Crippen molar-refractivity contribution in [3.05, 3.63) is 0 Å². The molecule has 0 aromatic heterocycles. The van der Waals surface area contributed by atoms with E-state index in [1.807, 2.05) is 0 Å². The third kappa shape index (κ3) is 4.80. The Hall–Kier alpha value is 0.651. The Bertz CT molecular complexity index is 53.6. The summed E-state index contributed by atoms with van der Waals surface area (Å²) in [4.78, 5) is 0. The van der Waals surface area contributed by atoms with Gasteiger partial charge in [0.25, 0.3) is 0 Å². The summed E-state index contributed by atoms with van der Waals surface area (Å²) in [6.07, 6.45) is 0. The summed E-state index contributed by atoms with van der Waals surface area (Å²) in [6.45, 7) is 9.44. The molecule has 0 nitrogen and oxygen atoms in total. The number of hydrogen-bond donors (Lipinski definition) is 0. The van der Waals surface area contributed by atoms with Gasteiger partial charge in [0.15, 0.2) is 0 Å². The minimum Gasteiger partial charge on any atom is -0.0759 e. The first kappa shape index (κ1) is 8.65. The van der Waals surface area contributed by atoms with Gasteiger partial charge in [-0.1, -0.05) is 32.5 Å². The molecule has 0 N–H and O–H groups in total. The van der Waals surface area contributed by atoms with E-state index in [9.17, 15) is 0 Å². The Morgan fingerprint density at radius 1 is 1.38 bits per heavy atom. The van der Waals surface area contributed by atoms with Crippen molar-refractivity contribution in [2.24, 2.45) is 0 Å². The molecule has 0 amide bonds. The van der Waals surface area contributed by atoms with Crippen molar-refractivity contribution in [2.75, 3.05) is 0 Å².